The maximum atomic E-state index is 12.3. The number of fused-ring (bicyclic) bond motifs is 1. The lowest BCUT2D eigenvalue weighted by atomic mass is 10.1. The second kappa shape index (κ2) is 6.24. The minimum absolute atomic E-state index is 0.0592. The van der Waals surface area contributed by atoms with Gasteiger partial charge in [-0.15, -0.1) is 0 Å². The van der Waals surface area contributed by atoms with E-state index >= 15 is 0 Å². The summed E-state index contributed by atoms with van der Waals surface area (Å²) in [4.78, 5) is 26.0. The van der Waals surface area contributed by atoms with Crippen molar-refractivity contribution in [1.29, 1.82) is 0 Å². The summed E-state index contributed by atoms with van der Waals surface area (Å²) in [6.45, 7) is 4.81. The van der Waals surface area contributed by atoms with Crippen LogP contribution in [0.2, 0.25) is 0 Å². The van der Waals surface area contributed by atoms with Gasteiger partial charge < -0.3 is 9.64 Å². The predicted octanol–water partition coefficient (Wildman–Crippen LogP) is 3.41. The first-order chi connectivity index (χ1) is 11.0. The minimum Gasteiger partial charge on any atom is -0.459 e. The number of hydrogen-bond acceptors (Lipinski definition) is 3. The highest BCUT2D eigenvalue weighted by Crippen LogP contribution is 2.24. The highest BCUT2D eigenvalue weighted by atomic mass is 16.5. The standard InChI is InChI=1S/C19H19NO3/c1-13(2)23-19(22)15-9-7-14(8-10-15)11-20-12-16-5-3-4-6-17(16)18(20)21/h3-10,13H,11-12H2,1-2H3. The monoisotopic (exact) mass is 309 g/mol. The van der Waals surface area contributed by atoms with Crippen molar-refractivity contribution < 1.29 is 14.3 Å². The SMILES string of the molecule is CC(C)OC(=O)c1ccc(CN2Cc3ccccc3C2=O)cc1. The Morgan fingerprint density at radius 3 is 2.48 bits per heavy atom. The zero-order chi connectivity index (χ0) is 16.4. The molecular weight excluding hydrogens is 290 g/mol. The molecule has 4 nitrogen and oxygen atoms in total. The first kappa shape index (κ1) is 15.3. The van der Waals surface area contributed by atoms with E-state index in [4.69, 9.17) is 4.74 Å². The van der Waals surface area contributed by atoms with Crippen molar-refractivity contribution in [2.75, 3.05) is 0 Å². The van der Waals surface area contributed by atoms with Gasteiger partial charge >= 0.3 is 5.97 Å². The van der Waals surface area contributed by atoms with Gasteiger partial charge in [0.1, 0.15) is 0 Å². The molecule has 0 N–H and O–H groups in total. The largest absolute Gasteiger partial charge is 0.459 e. The van der Waals surface area contributed by atoms with E-state index in [0.717, 1.165) is 16.7 Å². The number of carbonyl (C=O) groups excluding carboxylic acids is 2. The Labute approximate surface area is 135 Å². The van der Waals surface area contributed by atoms with Crippen molar-refractivity contribution in [3.8, 4) is 0 Å². The van der Waals surface area contributed by atoms with Crippen molar-refractivity contribution in [1.82, 2.24) is 4.90 Å². The molecular formula is C19H19NO3. The molecule has 0 saturated carbocycles. The van der Waals surface area contributed by atoms with Crippen LogP contribution in [0.15, 0.2) is 48.5 Å². The lowest BCUT2D eigenvalue weighted by Crippen LogP contribution is -2.23. The van der Waals surface area contributed by atoms with E-state index in [1.54, 1.807) is 12.1 Å². The molecule has 1 aliphatic heterocycles. The van der Waals surface area contributed by atoms with Crippen LogP contribution < -0.4 is 0 Å². The highest BCUT2D eigenvalue weighted by molar-refractivity contribution is 5.98. The molecule has 3 rings (SSSR count). The third-order valence-corrected chi connectivity index (χ3v) is 3.80. The van der Waals surface area contributed by atoms with Crippen molar-refractivity contribution in [2.45, 2.75) is 33.0 Å². The zero-order valence-corrected chi connectivity index (χ0v) is 13.3. The first-order valence-electron chi connectivity index (χ1n) is 7.71. The topological polar surface area (TPSA) is 46.6 Å². The Kier molecular flexibility index (Phi) is 4.15. The van der Waals surface area contributed by atoms with Gasteiger partial charge in [-0.2, -0.15) is 0 Å². The van der Waals surface area contributed by atoms with Crippen molar-refractivity contribution >= 4 is 11.9 Å². The van der Waals surface area contributed by atoms with Crippen molar-refractivity contribution in [3.63, 3.8) is 0 Å². The molecule has 118 valence electrons. The molecule has 0 aliphatic carbocycles. The van der Waals surface area contributed by atoms with Gasteiger partial charge in [0.2, 0.25) is 0 Å². The van der Waals surface area contributed by atoms with Crippen LogP contribution in [0.4, 0.5) is 0 Å². The number of carbonyl (C=O) groups is 2. The second-order valence-corrected chi connectivity index (χ2v) is 5.97. The van der Waals surface area contributed by atoms with E-state index in [1.807, 2.05) is 55.1 Å². The number of rotatable bonds is 4. The third-order valence-electron chi connectivity index (χ3n) is 3.80. The molecule has 0 spiro atoms. The fourth-order valence-corrected chi connectivity index (χ4v) is 2.69. The molecule has 4 heteroatoms. The van der Waals surface area contributed by atoms with Gasteiger partial charge in [-0.3, -0.25) is 4.79 Å². The van der Waals surface area contributed by atoms with Crippen LogP contribution in [0.3, 0.4) is 0 Å². The van der Waals surface area contributed by atoms with Crippen LogP contribution in [-0.4, -0.2) is 22.9 Å². The highest BCUT2D eigenvalue weighted by Gasteiger charge is 2.26. The number of benzene rings is 2. The van der Waals surface area contributed by atoms with Crippen molar-refractivity contribution in [3.05, 3.63) is 70.8 Å². The Morgan fingerprint density at radius 2 is 1.83 bits per heavy atom. The molecule has 0 aromatic heterocycles. The van der Waals surface area contributed by atoms with Gasteiger partial charge in [0.05, 0.1) is 11.7 Å². The van der Waals surface area contributed by atoms with Crippen LogP contribution >= 0.6 is 0 Å². The van der Waals surface area contributed by atoms with Gasteiger partial charge in [0.25, 0.3) is 5.91 Å². The minimum atomic E-state index is -0.323. The molecule has 23 heavy (non-hydrogen) atoms. The molecule has 0 atom stereocenters. The maximum Gasteiger partial charge on any atom is 0.338 e. The van der Waals surface area contributed by atoms with E-state index in [1.165, 1.54) is 0 Å². The van der Waals surface area contributed by atoms with Gasteiger partial charge in [-0.25, -0.2) is 4.79 Å². The molecule has 1 heterocycles. The van der Waals surface area contributed by atoms with E-state index in [9.17, 15) is 9.59 Å². The molecule has 2 aromatic rings. The average Bonchev–Trinajstić information content (AvgIpc) is 2.84. The normalized spacial score (nSPS) is 13.3. The summed E-state index contributed by atoms with van der Waals surface area (Å²) in [6.07, 6.45) is -0.136. The molecule has 2 aromatic carbocycles. The summed E-state index contributed by atoms with van der Waals surface area (Å²) in [5.41, 5.74) is 3.37. The van der Waals surface area contributed by atoms with E-state index in [-0.39, 0.29) is 18.0 Å². The number of ether oxygens (including phenoxy) is 1. The Balaban J connectivity index is 1.68. The van der Waals surface area contributed by atoms with Gasteiger partial charge in [-0.1, -0.05) is 30.3 Å². The summed E-state index contributed by atoms with van der Waals surface area (Å²) >= 11 is 0. The lowest BCUT2D eigenvalue weighted by molar-refractivity contribution is 0.0377. The maximum absolute atomic E-state index is 12.3. The molecule has 0 fully saturated rings. The van der Waals surface area contributed by atoms with Crippen LogP contribution in [0.25, 0.3) is 0 Å². The molecule has 1 amide bonds. The molecule has 0 bridgehead atoms. The number of amides is 1. The quantitative estimate of drug-likeness (QED) is 0.813. The van der Waals surface area contributed by atoms with Crippen LogP contribution in [0.1, 0.15) is 45.7 Å². The summed E-state index contributed by atoms with van der Waals surface area (Å²) in [6, 6.07) is 14.9. The number of hydrogen-bond donors (Lipinski definition) is 0. The summed E-state index contributed by atoms with van der Waals surface area (Å²) in [5, 5.41) is 0. The van der Waals surface area contributed by atoms with Gasteiger partial charge in [-0.05, 0) is 43.2 Å². The summed E-state index contributed by atoms with van der Waals surface area (Å²) in [5.74, 6) is -0.264. The van der Waals surface area contributed by atoms with Crippen molar-refractivity contribution in [2.24, 2.45) is 0 Å². The van der Waals surface area contributed by atoms with Gasteiger partial charge in [0, 0.05) is 18.7 Å². The Bertz CT molecular complexity index is 735. The fourth-order valence-electron chi connectivity index (χ4n) is 2.69. The Hall–Kier alpha value is -2.62. The van der Waals surface area contributed by atoms with Crippen LogP contribution in [0, 0.1) is 0 Å². The Morgan fingerprint density at radius 1 is 1.13 bits per heavy atom. The molecule has 0 saturated heterocycles. The molecule has 0 radical (unpaired) electrons. The molecule has 1 aliphatic rings. The van der Waals surface area contributed by atoms with Crippen LogP contribution in [-0.2, 0) is 17.8 Å². The van der Waals surface area contributed by atoms with E-state index < -0.39 is 0 Å². The first-order valence-corrected chi connectivity index (χ1v) is 7.71. The van der Waals surface area contributed by atoms with E-state index in [0.29, 0.717) is 18.7 Å². The lowest BCUT2D eigenvalue weighted by Gasteiger charge is -2.16. The smallest absolute Gasteiger partial charge is 0.338 e. The fraction of sp³-hybridized carbons (Fsp3) is 0.263. The van der Waals surface area contributed by atoms with Gasteiger partial charge in [0.15, 0.2) is 0 Å². The number of nitrogens with zero attached hydrogens (tertiary/aromatic N) is 1. The second-order valence-electron chi connectivity index (χ2n) is 5.97. The molecule has 0 unspecified atom stereocenters. The average molecular weight is 309 g/mol. The summed E-state index contributed by atoms with van der Waals surface area (Å²) < 4.78 is 5.17. The summed E-state index contributed by atoms with van der Waals surface area (Å²) in [7, 11) is 0. The predicted molar refractivity (Wildman–Crippen MR) is 87.0 cm³/mol. The van der Waals surface area contributed by atoms with Crippen LogP contribution in [0.5, 0.6) is 0 Å². The zero-order valence-electron chi connectivity index (χ0n) is 13.3. The third kappa shape index (κ3) is 3.26. The van der Waals surface area contributed by atoms with E-state index in [2.05, 4.69) is 0 Å². The number of esters is 1.